The van der Waals surface area contributed by atoms with Gasteiger partial charge in [0.2, 0.25) is 5.91 Å². The van der Waals surface area contributed by atoms with Crippen molar-refractivity contribution in [2.75, 3.05) is 11.9 Å². The standard InChI is InChI=1S/C26H23N5O4S.BrH/c1-2-35-25(34)20-7-9-21(10-8-20)30-23(32)13-22-24(33)31(17-19-6-4-12-28-15-19)26(36-22)29-16-18-5-3-11-27-14-18;/h3-15H,2,16-17H2,1H3,(H,30,32);1H/p-1/b22-13+,29-26?;. The van der Waals surface area contributed by atoms with Crippen LogP contribution in [-0.2, 0) is 27.4 Å². The molecule has 1 saturated heterocycles. The molecule has 0 unspecified atom stereocenters. The number of carbonyl (C=O) groups is 3. The van der Waals surface area contributed by atoms with Crippen LogP contribution in [-0.4, -0.2) is 44.4 Å². The van der Waals surface area contributed by atoms with E-state index in [1.165, 1.54) is 11.0 Å². The molecular formula is C26H23BrN5O4S-. The largest absolute Gasteiger partial charge is 1.00 e. The molecule has 0 saturated carbocycles. The third-order valence-corrected chi connectivity index (χ3v) is 6.04. The van der Waals surface area contributed by atoms with Crippen LogP contribution in [0.1, 0.15) is 28.4 Å². The van der Waals surface area contributed by atoms with Crippen molar-refractivity contribution in [3.8, 4) is 0 Å². The van der Waals surface area contributed by atoms with Gasteiger partial charge in [-0.2, -0.15) is 0 Å². The van der Waals surface area contributed by atoms with E-state index in [1.54, 1.807) is 62.0 Å². The normalized spacial score (nSPS) is 14.9. The van der Waals surface area contributed by atoms with E-state index in [0.717, 1.165) is 22.9 Å². The average molecular weight is 581 g/mol. The zero-order valence-corrected chi connectivity index (χ0v) is 22.2. The highest BCUT2D eigenvalue weighted by Crippen LogP contribution is 2.32. The Hall–Kier alpha value is -3.83. The molecule has 190 valence electrons. The molecule has 1 N–H and O–H groups in total. The lowest BCUT2D eigenvalue weighted by Gasteiger charge is -2.15. The number of benzene rings is 1. The molecule has 0 atom stereocenters. The molecule has 3 aromatic rings. The number of carbonyl (C=O) groups excluding carboxylic acids is 3. The van der Waals surface area contributed by atoms with Crippen LogP contribution in [0.4, 0.5) is 5.69 Å². The summed E-state index contributed by atoms with van der Waals surface area (Å²) < 4.78 is 4.96. The SMILES string of the molecule is CCOC(=O)c1ccc(NC(=O)/C=C2/SC(=NCc3cccnc3)N(Cc3cccnc3)C2=O)cc1.[Br-]. The molecule has 37 heavy (non-hydrogen) atoms. The van der Waals surface area contributed by atoms with E-state index in [9.17, 15) is 14.4 Å². The lowest BCUT2D eigenvalue weighted by atomic mass is 10.2. The highest BCUT2D eigenvalue weighted by molar-refractivity contribution is 8.18. The van der Waals surface area contributed by atoms with Gasteiger partial charge in [-0.25, -0.2) is 4.79 Å². The van der Waals surface area contributed by atoms with Crippen molar-refractivity contribution in [1.82, 2.24) is 14.9 Å². The molecule has 0 radical (unpaired) electrons. The number of nitrogens with zero attached hydrogens (tertiary/aromatic N) is 4. The van der Waals surface area contributed by atoms with Gasteiger partial charge in [-0.05, 0) is 66.2 Å². The van der Waals surface area contributed by atoms with E-state index in [-0.39, 0.29) is 40.9 Å². The van der Waals surface area contributed by atoms with Crippen molar-refractivity contribution in [3.05, 3.63) is 101 Å². The lowest BCUT2D eigenvalue weighted by Crippen LogP contribution is -3.00. The first-order chi connectivity index (χ1) is 17.5. The van der Waals surface area contributed by atoms with E-state index in [2.05, 4.69) is 20.3 Å². The molecule has 1 fully saturated rings. The summed E-state index contributed by atoms with van der Waals surface area (Å²) in [6.07, 6.45) is 8.01. The molecule has 0 aliphatic carbocycles. The fourth-order valence-electron chi connectivity index (χ4n) is 3.29. The molecule has 1 aromatic carbocycles. The Labute approximate surface area is 228 Å². The van der Waals surface area contributed by atoms with Gasteiger partial charge in [-0.3, -0.25) is 29.4 Å². The molecule has 0 bridgehead atoms. The van der Waals surface area contributed by atoms with Crippen molar-refractivity contribution in [1.29, 1.82) is 0 Å². The van der Waals surface area contributed by atoms with Crippen LogP contribution in [0.2, 0.25) is 0 Å². The number of esters is 1. The molecule has 1 aliphatic rings. The minimum Gasteiger partial charge on any atom is -1.00 e. The Morgan fingerprint density at radius 2 is 1.73 bits per heavy atom. The Morgan fingerprint density at radius 1 is 1.05 bits per heavy atom. The molecular weight excluding hydrogens is 558 g/mol. The summed E-state index contributed by atoms with van der Waals surface area (Å²) in [5, 5.41) is 3.21. The van der Waals surface area contributed by atoms with Gasteiger partial charge in [0.05, 0.1) is 30.2 Å². The van der Waals surface area contributed by atoms with E-state index < -0.39 is 11.9 Å². The van der Waals surface area contributed by atoms with Crippen molar-refractivity contribution in [2.45, 2.75) is 20.0 Å². The number of halogens is 1. The van der Waals surface area contributed by atoms with E-state index in [4.69, 9.17) is 4.74 Å². The van der Waals surface area contributed by atoms with E-state index in [0.29, 0.717) is 23.0 Å². The van der Waals surface area contributed by atoms with Gasteiger partial charge < -0.3 is 27.0 Å². The van der Waals surface area contributed by atoms with E-state index in [1.807, 2.05) is 18.2 Å². The smallest absolute Gasteiger partial charge is 0.338 e. The monoisotopic (exact) mass is 580 g/mol. The Bertz CT molecular complexity index is 1300. The lowest BCUT2D eigenvalue weighted by molar-refractivity contribution is -0.123. The third-order valence-electron chi connectivity index (χ3n) is 5.00. The molecule has 2 aromatic heterocycles. The predicted molar refractivity (Wildman–Crippen MR) is 137 cm³/mol. The summed E-state index contributed by atoms with van der Waals surface area (Å²) in [7, 11) is 0. The van der Waals surface area contributed by atoms with Crippen LogP contribution in [0.5, 0.6) is 0 Å². The van der Waals surface area contributed by atoms with Gasteiger partial charge in [-0.15, -0.1) is 0 Å². The molecule has 0 spiro atoms. The fourth-order valence-corrected chi connectivity index (χ4v) is 4.24. The number of hydrogen-bond acceptors (Lipinski definition) is 8. The number of thioether (sulfide) groups is 1. The zero-order valence-electron chi connectivity index (χ0n) is 19.8. The highest BCUT2D eigenvalue weighted by atomic mass is 79.9. The van der Waals surface area contributed by atoms with Crippen LogP contribution in [0, 0.1) is 0 Å². The number of rotatable bonds is 8. The fraction of sp³-hybridized carbons (Fsp3) is 0.154. The number of pyridine rings is 2. The summed E-state index contributed by atoms with van der Waals surface area (Å²) >= 11 is 1.14. The summed E-state index contributed by atoms with van der Waals surface area (Å²) in [5.74, 6) is -1.22. The molecule has 3 heterocycles. The number of ether oxygens (including phenoxy) is 1. The van der Waals surface area contributed by atoms with Crippen LogP contribution < -0.4 is 22.3 Å². The molecule has 4 rings (SSSR count). The first kappa shape index (κ1) is 27.8. The Balaban J connectivity index is 0.00000380. The zero-order chi connectivity index (χ0) is 25.3. The van der Waals surface area contributed by atoms with Crippen LogP contribution in [0.3, 0.4) is 0 Å². The van der Waals surface area contributed by atoms with Gasteiger partial charge in [0.1, 0.15) is 0 Å². The van der Waals surface area contributed by atoms with Crippen molar-refractivity contribution in [2.24, 2.45) is 4.99 Å². The third kappa shape index (κ3) is 7.58. The summed E-state index contributed by atoms with van der Waals surface area (Å²) in [6.45, 7) is 2.64. The molecule has 2 amide bonds. The van der Waals surface area contributed by atoms with Crippen LogP contribution in [0.25, 0.3) is 0 Å². The summed E-state index contributed by atoms with van der Waals surface area (Å²) in [5.41, 5.74) is 2.61. The van der Waals surface area contributed by atoms with Crippen LogP contribution >= 0.6 is 11.8 Å². The second-order valence-electron chi connectivity index (χ2n) is 7.61. The van der Waals surface area contributed by atoms with Crippen molar-refractivity contribution < 1.29 is 36.1 Å². The highest BCUT2D eigenvalue weighted by Gasteiger charge is 2.34. The Kier molecular flexibility index (Phi) is 10.1. The second-order valence-corrected chi connectivity index (χ2v) is 8.62. The minimum absolute atomic E-state index is 0. The predicted octanol–water partition coefficient (Wildman–Crippen LogP) is 0.811. The first-order valence-corrected chi connectivity index (χ1v) is 12.0. The van der Waals surface area contributed by atoms with Crippen molar-refractivity contribution >= 4 is 40.4 Å². The number of aliphatic imine (C=N–C) groups is 1. The number of amidine groups is 1. The number of amides is 2. The number of hydrogen-bond donors (Lipinski definition) is 1. The number of aromatic nitrogens is 2. The number of nitrogens with one attached hydrogen (secondary N) is 1. The quantitative estimate of drug-likeness (QED) is 0.310. The van der Waals surface area contributed by atoms with Gasteiger partial charge in [0, 0.05) is 36.6 Å². The summed E-state index contributed by atoms with van der Waals surface area (Å²) in [4.78, 5) is 52.3. The van der Waals surface area contributed by atoms with Gasteiger partial charge >= 0.3 is 5.97 Å². The maximum absolute atomic E-state index is 13.2. The van der Waals surface area contributed by atoms with Gasteiger partial charge in [-0.1, -0.05) is 12.1 Å². The maximum Gasteiger partial charge on any atom is 0.338 e. The first-order valence-electron chi connectivity index (χ1n) is 11.2. The van der Waals surface area contributed by atoms with Gasteiger partial charge in [0.25, 0.3) is 5.91 Å². The van der Waals surface area contributed by atoms with E-state index >= 15 is 0 Å². The topological polar surface area (TPSA) is 114 Å². The van der Waals surface area contributed by atoms with Crippen molar-refractivity contribution in [3.63, 3.8) is 0 Å². The average Bonchev–Trinajstić information content (AvgIpc) is 3.18. The summed E-state index contributed by atoms with van der Waals surface area (Å²) in [6, 6.07) is 13.7. The molecule has 9 nitrogen and oxygen atoms in total. The Morgan fingerprint density at radius 3 is 2.35 bits per heavy atom. The maximum atomic E-state index is 13.2. The second kappa shape index (κ2) is 13.5. The van der Waals surface area contributed by atoms with Crippen LogP contribution in [0.15, 0.2) is 89.3 Å². The number of anilines is 1. The molecule has 1 aliphatic heterocycles. The minimum atomic E-state index is -0.468. The molecule has 11 heteroatoms. The van der Waals surface area contributed by atoms with Gasteiger partial charge in [0.15, 0.2) is 5.17 Å².